The molecule has 0 bridgehead atoms. The molecule has 7 heteroatoms. The number of carbonyl (C=O) groups excluding carboxylic acids is 1. The first-order chi connectivity index (χ1) is 13.3. The molecule has 2 fully saturated rings. The summed E-state index contributed by atoms with van der Waals surface area (Å²) < 4.78 is 5.37. The zero-order valence-corrected chi connectivity index (χ0v) is 16.6. The summed E-state index contributed by atoms with van der Waals surface area (Å²) in [7, 11) is 0. The minimum atomic E-state index is 0.379. The maximum atomic E-state index is 12.3. The lowest BCUT2D eigenvalue weighted by atomic mass is 9.93. The predicted molar refractivity (Wildman–Crippen MR) is 106 cm³/mol. The van der Waals surface area contributed by atoms with Gasteiger partial charge < -0.3 is 14.3 Å². The molecule has 0 unspecified atom stereocenters. The fourth-order valence-electron chi connectivity index (χ4n) is 4.07. The highest BCUT2D eigenvalue weighted by molar-refractivity contribution is 7.13. The fourth-order valence-corrected chi connectivity index (χ4v) is 4.72. The standard InChI is InChI=1S/C20H28N4O2S/c25-19(24-10-1-2-11-24)15-16-7-12-23(13-8-16)9-3-6-18-21-20(22-26-18)17-5-4-14-27-17/h4-5,14,16H,1-3,6-13,15H2. The molecule has 146 valence electrons. The van der Waals surface area contributed by atoms with Gasteiger partial charge >= 0.3 is 0 Å². The molecule has 2 aliphatic heterocycles. The van der Waals surface area contributed by atoms with E-state index in [2.05, 4.69) is 19.9 Å². The Morgan fingerprint density at radius 2 is 2.04 bits per heavy atom. The van der Waals surface area contributed by atoms with Crippen LogP contribution in [0.1, 0.15) is 44.4 Å². The number of likely N-dealkylation sites (tertiary alicyclic amines) is 2. The van der Waals surface area contributed by atoms with Gasteiger partial charge in [-0.05, 0) is 69.1 Å². The molecule has 0 radical (unpaired) electrons. The van der Waals surface area contributed by atoms with E-state index in [4.69, 9.17) is 4.52 Å². The third kappa shape index (κ3) is 4.96. The van der Waals surface area contributed by atoms with Crippen LogP contribution in [0, 0.1) is 5.92 Å². The SMILES string of the molecule is O=C(CC1CCN(CCCc2nc(-c3cccs3)no2)CC1)N1CCCC1. The van der Waals surface area contributed by atoms with Crippen molar-refractivity contribution < 1.29 is 9.32 Å². The van der Waals surface area contributed by atoms with Crippen molar-refractivity contribution in [1.29, 1.82) is 0 Å². The van der Waals surface area contributed by atoms with Crippen molar-refractivity contribution in [2.24, 2.45) is 5.92 Å². The average Bonchev–Trinajstić information content (AvgIpc) is 3.44. The van der Waals surface area contributed by atoms with Crippen LogP contribution in [0.25, 0.3) is 10.7 Å². The number of piperidine rings is 1. The lowest BCUT2D eigenvalue weighted by Crippen LogP contribution is -2.37. The van der Waals surface area contributed by atoms with Gasteiger partial charge in [-0.15, -0.1) is 11.3 Å². The van der Waals surface area contributed by atoms with Crippen molar-refractivity contribution in [3.05, 3.63) is 23.4 Å². The van der Waals surface area contributed by atoms with Gasteiger partial charge in [-0.2, -0.15) is 4.98 Å². The summed E-state index contributed by atoms with van der Waals surface area (Å²) >= 11 is 1.63. The second kappa shape index (κ2) is 8.97. The molecule has 2 aromatic rings. The van der Waals surface area contributed by atoms with E-state index in [-0.39, 0.29) is 0 Å². The Morgan fingerprint density at radius 3 is 2.78 bits per heavy atom. The third-order valence-corrected chi connectivity index (χ3v) is 6.57. The van der Waals surface area contributed by atoms with Gasteiger partial charge in [-0.3, -0.25) is 4.79 Å². The van der Waals surface area contributed by atoms with Crippen LogP contribution in [0.5, 0.6) is 0 Å². The van der Waals surface area contributed by atoms with Crippen LogP contribution in [0.3, 0.4) is 0 Å². The molecule has 0 N–H and O–H groups in total. The summed E-state index contributed by atoms with van der Waals surface area (Å²) in [6.07, 6.45) is 7.25. The van der Waals surface area contributed by atoms with Crippen LogP contribution in [-0.2, 0) is 11.2 Å². The van der Waals surface area contributed by atoms with Crippen LogP contribution in [-0.4, -0.2) is 58.6 Å². The molecule has 0 atom stereocenters. The Balaban J connectivity index is 1.14. The first-order valence-corrected chi connectivity index (χ1v) is 11.0. The van der Waals surface area contributed by atoms with E-state index in [9.17, 15) is 4.79 Å². The summed E-state index contributed by atoms with van der Waals surface area (Å²) in [6, 6.07) is 4.01. The predicted octanol–water partition coefficient (Wildman–Crippen LogP) is 3.46. The van der Waals surface area contributed by atoms with Crippen LogP contribution in [0.2, 0.25) is 0 Å². The van der Waals surface area contributed by atoms with E-state index in [0.29, 0.717) is 17.6 Å². The molecular formula is C20H28N4O2S. The molecule has 27 heavy (non-hydrogen) atoms. The second-order valence-electron chi connectivity index (χ2n) is 7.67. The van der Waals surface area contributed by atoms with Crippen LogP contribution in [0.4, 0.5) is 0 Å². The molecule has 4 rings (SSSR count). The number of hydrogen-bond donors (Lipinski definition) is 0. The molecule has 2 saturated heterocycles. The summed E-state index contributed by atoms with van der Waals surface area (Å²) in [5, 5.41) is 6.09. The molecule has 0 aromatic carbocycles. The van der Waals surface area contributed by atoms with Gasteiger partial charge in [0, 0.05) is 25.9 Å². The van der Waals surface area contributed by atoms with Crippen molar-refractivity contribution in [3.63, 3.8) is 0 Å². The fraction of sp³-hybridized carbons (Fsp3) is 0.650. The highest BCUT2D eigenvalue weighted by Crippen LogP contribution is 2.24. The largest absolute Gasteiger partial charge is 0.343 e. The van der Waals surface area contributed by atoms with E-state index < -0.39 is 0 Å². The van der Waals surface area contributed by atoms with Gasteiger partial charge in [-0.25, -0.2) is 0 Å². The van der Waals surface area contributed by atoms with E-state index in [1.54, 1.807) is 11.3 Å². The minimum absolute atomic E-state index is 0.379. The summed E-state index contributed by atoms with van der Waals surface area (Å²) in [5.74, 6) is 2.37. The monoisotopic (exact) mass is 388 g/mol. The van der Waals surface area contributed by atoms with Gasteiger partial charge in [0.05, 0.1) is 4.88 Å². The van der Waals surface area contributed by atoms with Gasteiger partial charge in [0.25, 0.3) is 0 Å². The Hall–Kier alpha value is -1.73. The van der Waals surface area contributed by atoms with Crippen molar-refractivity contribution in [2.45, 2.75) is 44.9 Å². The molecule has 0 saturated carbocycles. The zero-order chi connectivity index (χ0) is 18.5. The first kappa shape index (κ1) is 18.6. The number of nitrogens with zero attached hydrogens (tertiary/aromatic N) is 4. The topological polar surface area (TPSA) is 62.5 Å². The maximum absolute atomic E-state index is 12.3. The number of aryl methyl sites for hydroxylation is 1. The summed E-state index contributed by atoms with van der Waals surface area (Å²) in [6.45, 7) is 5.21. The molecule has 0 aliphatic carbocycles. The Kier molecular flexibility index (Phi) is 6.19. The van der Waals surface area contributed by atoms with E-state index >= 15 is 0 Å². The molecule has 2 aliphatic rings. The highest BCUT2D eigenvalue weighted by Gasteiger charge is 2.25. The van der Waals surface area contributed by atoms with Crippen LogP contribution < -0.4 is 0 Å². The third-order valence-electron chi connectivity index (χ3n) is 5.70. The number of aromatic nitrogens is 2. The van der Waals surface area contributed by atoms with Gasteiger partial charge in [0.2, 0.25) is 17.6 Å². The normalized spacial score (nSPS) is 19.0. The molecule has 0 spiro atoms. The number of thiophene rings is 1. The van der Waals surface area contributed by atoms with E-state index in [1.807, 2.05) is 17.5 Å². The number of amides is 1. The van der Waals surface area contributed by atoms with Crippen LogP contribution in [0.15, 0.2) is 22.0 Å². The van der Waals surface area contributed by atoms with Crippen molar-refractivity contribution in [1.82, 2.24) is 19.9 Å². The maximum Gasteiger partial charge on any atom is 0.227 e. The van der Waals surface area contributed by atoms with Gasteiger partial charge in [0.15, 0.2) is 0 Å². The number of carbonyl (C=O) groups is 1. The van der Waals surface area contributed by atoms with Gasteiger partial charge in [0.1, 0.15) is 0 Å². The summed E-state index contributed by atoms with van der Waals surface area (Å²) in [5.41, 5.74) is 0. The number of rotatable bonds is 7. The zero-order valence-electron chi connectivity index (χ0n) is 15.8. The van der Waals surface area contributed by atoms with Gasteiger partial charge in [-0.1, -0.05) is 11.2 Å². The van der Waals surface area contributed by atoms with Crippen molar-refractivity contribution >= 4 is 17.2 Å². The lowest BCUT2D eigenvalue weighted by molar-refractivity contribution is -0.131. The van der Waals surface area contributed by atoms with Crippen LogP contribution >= 0.6 is 11.3 Å². The molecule has 6 nitrogen and oxygen atoms in total. The first-order valence-electron chi connectivity index (χ1n) is 10.1. The quantitative estimate of drug-likeness (QED) is 0.727. The highest BCUT2D eigenvalue weighted by atomic mass is 32.1. The summed E-state index contributed by atoms with van der Waals surface area (Å²) in [4.78, 5) is 22.4. The van der Waals surface area contributed by atoms with E-state index in [1.165, 1.54) is 12.8 Å². The lowest BCUT2D eigenvalue weighted by Gasteiger charge is -2.32. The smallest absolute Gasteiger partial charge is 0.227 e. The average molecular weight is 389 g/mol. The van der Waals surface area contributed by atoms with E-state index in [0.717, 1.165) is 75.6 Å². The Bertz CT molecular complexity index is 716. The minimum Gasteiger partial charge on any atom is -0.343 e. The number of hydrogen-bond acceptors (Lipinski definition) is 6. The Labute approximate surface area is 164 Å². The molecule has 2 aromatic heterocycles. The molecule has 4 heterocycles. The van der Waals surface area contributed by atoms with Crippen molar-refractivity contribution in [2.75, 3.05) is 32.7 Å². The molecule has 1 amide bonds. The van der Waals surface area contributed by atoms with Crippen molar-refractivity contribution in [3.8, 4) is 10.7 Å². The molecular weight excluding hydrogens is 360 g/mol. The second-order valence-corrected chi connectivity index (χ2v) is 8.62. The Morgan fingerprint density at radius 1 is 1.22 bits per heavy atom.